The van der Waals surface area contributed by atoms with Gasteiger partial charge in [0, 0.05) is 23.3 Å². The van der Waals surface area contributed by atoms with Crippen LogP contribution in [0.3, 0.4) is 0 Å². The average molecular weight is 335 g/mol. The summed E-state index contributed by atoms with van der Waals surface area (Å²) in [5, 5.41) is 12.6. The van der Waals surface area contributed by atoms with Crippen molar-refractivity contribution in [3.05, 3.63) is 54.3 Å². The van der Waals surface area contributed by atoms with E-state index in [-0.39, 0.29) is 18.3 Å². The Morgan fingerprint density at radius 1 is 1.26 bits per heavy atom. The van der Waals surface area contributed by atoms with E-state index in [2.05, 4.69) is 5.32 Å². The predicted molar refractivity (Wildman–Crippen MR) is 89.4 cm³/mol. The number of nitrogens with one attached hydrogen (secondary N) is 1. The molecule has 2 aromatic rings. The second-order valence-electron chi connectivity index (χ2n) is 4.91. The number of amides is 1. The van der Waals surface area contributed by atoms with Gasteiger partial charge in [0.1, 0.15) is 18.2 Å². The highest BCUT2D eigenvalue weighted by Crippen LogP contribution is 2.22. The number of thioether (sulfide) groups is 1. The van der Waals surface area contributed by atoms with Crippen molar-refractivity contribution in [1.29, 1.82) is 0 Å². The minimum absolute atomic E-state index is 0.112. The first-order valence-electron chi connectivity index (χ1n) is 7.10. The number of ether oxygens (including phenoxy) is 1. The predicted octanol–water partition coefficient (Wildman–Crippen LogP) is 3.32. The quantitative estimate of drug-likeness (QED) is 0.762. The van der Waals surface area contributed by atoms with Gasteiger partial charge in [-0.1, -0.05) is 12.1 Å². The van der Waals surface area contributed by atoms with E-state index in [0.29, 0.717) is 22.1 Å². The number of anilines is 1. The molecule has 122 valence electrons. The normalized spacial score (nSPS) is 11.8. The lowest BCUT2D eigenvalue weighted by atomic mass is 10.3. The maximum Gasteiger partial charge on any atom is 0.221 e. The highest BCUT2D eigenvalue weighted by Gasteiger charge is 2.09. The van der Waals surface area contributed by atoms with Crippen LogP contribution in [-0.2, 0) is 4.79 Å². The van der Waals surface area contributed by atoms with Gasteiger partial charge in [0.15, 0.2) is 0 Å². The summed E-state index contributed by atoms with van der Waals surface area (Å²) in [6, 6.07) is 13.3. The van der Waals surface area contributed by atoms with Gasteiger partial charge >= 0.3 is 0 Å². The van der Waals surface area contributed by atoms with Crippen LogP contribution in [0.4, 0.5) is 10.1 Å². The van der Waals surface area contributed by atoms with Gasteiger partial charge < -0.3 is 15.2 Å². The SMILES string of the molecule is CC(=O)Nc1ccc(OCC(O)CSc2ccccc2F)cc1. The van der Waals surface area contributed by atoms with E-state index < -0.39 is 6.10 Å². The minimum atomic E-state index is -0.713. The molecule has 1 atom stereocenters. The fraction of sp³-hybridized carbons (Fsp3) is 0.235. The third kappa shape index (κ3) is 5.92. The number of carbonyl (C=O) groups excluding carboxylic acids is 1. The van der Waals surface area contributed by atoms with E-state index in [4.69, 9.17) is 4.74 Å². The van der Waals surface area contributed by atoms with Gasteiger partial charge in [0.05, 0.1) is 6.10 Å². The molecule has 6 heteroatoms. The third-order valence-electron chi connectivity index (χ3n) is 2.88. The van der Waals surface area contributed by atoms with Gasteiger partial charge in [0.2, 0.25) is 5.91 Å². The van der Waals surface area contributed by atoms with Gasteiger partial charge in [-0.15, -0.1) is 11.8 Å². The number of aliphatic hydroxyl groups is 1. The molecular weight excluding hydrogens is 317 g/mol. The molecule has 2 N–H and O–H groups in total. The Balaban J connectivity index is 1.76. The maximum absolute atomic E-state index is 13.5. The molecule has 1 unspecified atom stereocenters. The van der Waals surface area contributed by atoms with Crippen molar-refractivity contribution in [2.75, 3.05) is 17.7 Å². The Hall–Kier alpha value is -2.05. The molecule has 2 aromatic carbocycles. The van der Waals surface area contributed by atoms with Crippen LogP contribution >= 0.6 is 11.8 Å². The van der Waals surface area contributed by atoms with Gasteiger partial charge in [-0.2, -0.15) is 0 Å². The molecule has 2 rings (SSSR count). The monoisotopic (exact) mass is 335 g/mol. The van der Waals surface area contributed by atoms with Crippen molar-refractivity contribution < 1.29 is 19.0 Å². The number of carbonyl (C=O) groups is 1. The molecule has 0 aliphatic carbocycles. The van der Waals surface area contributed by atoms with E-state index in [1.807, 2.05) is 0 Å². The Morgan fingerprint density at radius 2 is 1.96 bits per heavy atom. The molecule has 0 fully saturated rings. The van der Waals surface area contributed by atoms with Crippen molar-refractivity contribution in [1.82, 2.24) is 0 Å². The van der Waals surface area contributed by atoms with Crippen LogP contribution in [0.2, 0.25) is 0 Å². The van der Waals surface area contributed by atoms with Gasteiger partial charge in [0.25, 0.3) is 0 Å². The summed E-state index contributed by atoms with van der Waals surface area (Å²) in [5.41, 5.74) is 0.681. The second-order valence-corrected chi connectivity index (χ2v) is 5.97. The summed E-state index contributed by atoms with van der Waals surface area (Å²) in [4.78, 5) is 11.4. The molecule has 0 bridgehead atoms. The summed E-state index contributed by atoms with van der Waals surface area (Å²) in [5.74, 6) is 0.498. The van der Waals surface area contributed by atoms with Crippen LogP contribution < -0.4 is 10.1 Å². The summed E-state index contributed by atoms with van der Waals surface area (Å²) in [6.45, 7) is 1.55. The summed E-state index contributed by atoms with van der Waals surface area (Å²) < 4.78 is 18.9. The zero-order valence-corrected chi connectivity index (χ0v) is 13.5. The molecule has 0 saturated heterocycles. The number of rotatable bonds is 7. The molecular formula is C17H18FNO3S. The highest BCUT2D eigenvalue weighted by molar-refractivity contribution is 7.99. The third-order valence-corrected chi connectivity index (χ3v) is 4.08. The van der Waals surface area contributed by atoms with E-state index in [1.54, 1.807) is 42.5 Å². The molecule has 4 nitrogen and oxygen atoms in total. The first-order valence-corrected chi connectivity index (χ1v) is 8.09. The molecule has 0 radical (unpaired) electrons. The first-order chi connectivity index (χ1) is 11.0. The van der Waals surface area contributed by atoms with E-state index in [9.17, 15) is 14.3 Å². The maximum atomic E-state index is 13.5. The number of hydrogen-bond donors (Lipinski definition) is 2. The number of aliphatic hydroxyl groups excluding tert-OH is 1. The van der Waals surface area contributed by atoms with Gasteiger partial charge in [-0.25, -0.2) is 4.39 Å². The molecule has 0 aromatic heterocycles. The highest BCUT2D eigenvalue weighted by atomic mass is 32.2. The fourth-order valence-corrected chi connectivity index (χ4v) is 2.67. The fourth-order valence-electron chi connectivity index (χ4n) is 1.83. The Labute approximate surface area is 138 Å². The summed E-state index contributed by atoms with van der Waals surface area (Å²) in [7, 11) is 0. The molecule has 0 saturated carbocycles. The lowest BCUT2D eigenvalue weighted by molar-refractivity contribution is -0.114. The zero-order valence-electron chi connectivity index (χ0n) is 12.7. The van der Waals surface area contributed by atoms with Crippen LogP contribution in [0, 0.1) is 5.82 Å². The Kier molecular flexibility index (Phi) is 6.43. The summed E-state index contributed by atoms with van der Waals surface area (Å²) in [6.07, 6.45) is -0.713. The largest absolute Gasteiger partial charge is 0.491 e. The van der Waals surface area contributed by atoms with Crippen LogP contribution in [0.1, 0.15) is 6.92 Å². The van der Waals surface area contributed by atoms with Gasteiger partial charge in [-0.3, -0.25) is 4.79 Å². The van der Waals surface area contributed by atoms with Crippen LogP contribution in [0.25, 0.3) is 0 Å². The zero-order chi connectivity index (χ0) is 16.7. The van der Waals surface area contributed by atoms with E-state index in [0.717, 1.165) is 0 Å². The molecule has 23 heavy (non-hydrogen) atoms. The molecule has 0 aliphatic rings. The number of benzene rings is 2. The topological polar surface area (TPSA) is 58.6 Å². The van der Waals surface area contributed by atoms with E-state index in [1.165, 1.54) is 24.8 Å². The lowest BCUT2D eigenvalue weighted by Gasteiger charge is -2.13. The minimum Gasteiger partial charge on any atom is -0.491 e. The van der Waals surface area contributed by atoms with Crippen molar-refractivity contribution in [2.45, 2.75) is 17.9 Å². The number of halogens is 1. The van der Waals surface area contributed by atoms with Crippen LogP contribution in [0.5, 0.6) is 5.75 Å². The first kappa shape index (κ1) is 17.3. The lowest BCUT2D eigenvalue weighted by Crippen LogP contribution is -2.20. The Morgan fingerprint density at radius 3 is 2.61 bits per heavy atom. The molecule has 0 aliphatic heterocycles. The van der Waals surface area contributed by atoms with Crippen molar-refractivity contribution >= 4 is 23.4 Å². The van der Waals surface area contributed by atoms with Crippen molar-refractivity contribution in [3.63, 3.8) is 0 Å². The van der Waals surface area contributed by atoms with Crippen molar-refractivity contribution in [3.8, 4) is 5.75 Å². The molecule has 0 heterocycles. The molecule has 0 spiro atoms. The van der Waals surface area contributed by atoms with Gasteiger partial charge in [-0.05, 0) is 36.4 Å². The van der Waals surface area contributed by atoms with Crippen LogP contribution in [-0.4, -0.2) is 29.5 Å². The smallest absolute Gasteiger partial charge is 0.221 e. The van der Waals surface area contributed by atoms with Crippen molar-refractivity contribution in [2.24, 2.45) is 0 Å². The standard InChI is InChI=1S/C17H18FNO3S/c1-12(20)19-13-6-8-15(9-7-13)22-10-14(21)11-23-17-5-3-2-4-16(17)18/h2-9,14,21H,10-11H2,1H3,(H,19,20). The summed E-state index contributed by atoms with van der Waals surface area (Å²) >= 11 is 1.25. The molecule has 1 amide bonds. The number of hydrogen-bond acceptors (Lipinski definition) is 4. The van der Waals surface area contributed by atoms with E-state index >= 15 is 0 Å². The second kappa shape index (κ2) is 8.55. The Bertz CT molecular complexity index is 649. The average Bonchev–Trinajstić information content (AvgIpc) is 2.53. The van der Waals surface area contributed by atoms with Crippen LogP contribution in [0.15, 0.2) is 53.4 Å².